The van der Waals surface area contributed by atoms with E-state index in [2.05, 4.69) is 5.32 Å². The highest BCUT2D eigenvalue weighted by molar-refractivity contribution is 7.90. The van der Waals surface area contributed by atoms with Gasteiger partial charge in [-0.05, 0) is 43.5 Å². The molecule has 0 amide bonds. The van der Waals surface area contributed by atoms with Gasteiger partial charge in [0, 0.05) is 6.04 Å². The van der Waals surface area contributed by atoms with Gasteiger partial charge in [0.15, 0.2) is 9.84 Å². The number of nitrogens with one attached hydrogen (secondary N) is 1. The fourth-order valence-electron chi connectivity index (χ4n) is 2.49. The Morgan fingerprint density at radius 1 is 1.25 bits per heavy atom. The topological polar surface area (TPSA) is 70.0 Å². The fraction of sp³-hybridized carbons (Fsp3) is 0.533. The van der Waals surface area contributed by atoms with E-state index in [9.17, 15) is 8.42 Å². The molecule has 4 nitrogen and oxygen atoms in total. The summed E-state index contributed by atoms with van der Waals surface area (Å²) in [6.45, 7) is 1.00. The van der Waals surface area contributed by atoms with Crippen LogP contribution < -0.4 is 5.32 Å². The highest BCUT2D eigenvalue weighted by atomic mass is 32.2. The first-order valence-corrected chi connectivity index (χ1v) is 8.84. The maximum absolute atomic E-state index is 12.1. The molecule has 5 heteroatoms. The Balaban J connectivity index is 1.87. The van der Waals surface area contributed by atoms with Crippen molar-refractivity contribution in [1.29, 1.82) is 5.26 Å². The number of piperidine rings is 1. The van der Waals surface area contributed by atoms with Crippen LogP contribution in [0.3, 0.4) is 0 Å². The van der Waals surface area contributed by atoms with Crippen LogP contribution in [0.1, 0.15) is 36.8 Å². The van der Waals surface area contributed by atoms with Crippen molar-refractivity contribution in [2.24, 2.45) is 0 Å². The number of nitriles is 1. The van der Waals surface area contributed by atoms with Crippen LogP contribution in [0.15, 0.2) is 24.3 Å². The quantitative estimate of drug-likeness (QED) is 0.901. The first-order chi connectivity index (χ1) is 9.59. The van der Waals surface area contributed by atoms with Gasteiger partial charge in [0.1, 0.15) is 0 Å². The standard InChI is InChI=1S/C15H20N2O2S/c16-11-13-4-6-14(7-5-13)12-20(18,19)10-8-15-3-1-2-9-17-15/h4-7,15,17H,1-3,8-10,12H2. The van der Waals surface area contributed by atoms with Gasteiger partial charge in [-0.2, -0.15) is 5.26 Å². The molecule has 0 bridgehead atoms. The van der Waals surface area contributed by atoms with Gasteiger partial charge < -0.3 is 5.32 Å². The van der Waals surface area contributed by atoms with Crippen molar-refractivity contribution < 1.29 is 8.42 Å². The van der Waals surface area contributed by atoms with Crippen LogP contribution in [0.5, 0.6) is 0 Å². The van der Waals surface area contributed by atoms with E-state index in [4.69, 9.17) is 5.26 Å². The molecule has 1 aliphatic rings. The van der Waals surface area contributed by atoms with E-state index < -0.39 is 9.84 Å². The number of sulfone groups is 1. The molecular formula is C15H20N2O2S. The molecule has 1 aliphatic heterocycles. The van der Waals surface area contributed by atoms with E-state index in [0.29, 0.717) is 18.0 Å². The zero-order valence-corrected chi connectivity index (χ0v) is 12.3. The third-order valence-electron chi connectivity index (χ3n) is 3.66. The van der Waals surface area contributed by atoms with Crippen LogP contribution in [-0.4, -0.2) is 26.8 Å². The van der Waals surface area contributed by atoms with Gasteiger partial charge in [0.05, 0.1) is 23.1 Å². The highest BCUT2D eigenvalue weighted by Crippen LogP contribution is 2.14. The monoisotopic (exact) mass is 292 g/mol. The Morgan fingerprint density at radius 2 is 2.00 bits per heavy atom. The van der Waals surface area contributed by atoms with Crippen molar-refractivity contribution >= 4 is 9.84 Å². The van der Waals surface area contributed by atoms with E-state index in [0.717, 1.165) is 18.5 Å². The Labute approximate surface area is 120 Å². The van der Waals surface area contributed by atoms with E-state index in [1.54, 1.807) is 24.3 Å². The van der Waals surface area contributed by atoms with Crippen LogP contribution in [0.25, 0.3) is 0 Å². The van der Waals surface area contributed by atoms with Crippen LogP contribution in [0.2, 0.25) is 0 Å². The molecule has 1 unspecified atom stereocenters. The summed E-state index contributed by atoms with van der Waals surface area (Å²) in [5, 5.41) is 12.1. The molecule has 1 fully saturated rings. The average Bonchev–Trinajstić information content (AvgIpc) is 2.47. The molecule has 0 aromatic heterocycles. The molecule has 1 aromatic carbocycles. The van der Waals surface area contributed by atoms with Crippen molar-refractivity contribution in [3.05, 3.63) is 35.4 Å². The van der Waals surface area contributed by atoms with Gasteiger partial charge >= 0.3 is 0 Å². The molecule has 1 N–H and O–H groups in total. The maximum atomic E-state index is 12.1. The van der Waals surface area contributed by atoms with Gasteiger partial charge in [-0.3, -0.25) is 0 Å². The molecule has 108 valence electrons. The van der Waals surface area contributed by atoms with E-state index in [1.165, 1.54) is 12.8 Å². The van der Waals surface area contributed by atoms with Crippen LogP contribution in [0, 0.1) is 11.3 Å². The molecule has 0 spiro atoms. The van der Waals surface area contributed by atoms with Gasteiger partial charge in [-0.1, -0.05) is 18.6 Å². The SMILES string of the molecule is N#Cc1ccc(CS(=O)(=O)CCC2CCCCN2)cc1. The molecule has 0 aliphatic carbocycles. The van der Waals surface area contributed by atoms with Crippen molar-refractivity contribution in [3.8, 4) is 6.07 Å². The van der Waals surface area contributed by atoms with Gasteiger partial charge in [0.2, 0.25) is 0 Å². The van der Waals surface area contributed by atoms with E-state index in [1.807, 2.05) is 6.07 Å². The molecular weight excluding hydrogens is 272 g/mol. The molecule has 20 heavy (non-hydrogen) atoms. The number of rotatable bonds is 5. The number of hydrogen-bond donors (Lipinski definition) is 1. The summed E-state index contributed by atoms with van der Waals surface area (Å²) in [6.07, 6.45) is 4.15. The Morgan fingerprint density at radius 3 is 2.60 bits per heavy atom. The maximum Gasteiger partial charge on any atom is 0.154 e. The first-order valence-electron chi connectivity index (χ1n) is 7.02. The second-order valence-corrected chi connectivity index (χ2v) is 7.52. The second-order valence-electron chi connectivity index (χ2n) is 5.34. The summed E-state index contributed by atoms with van der Waals surface area (Å²) in [4.78, 5) is 0. The smallest absolute Gasteiger partial charge is 0.154 e. The molecule has 2 rings (SSSR count). The lowest BCUT2D eigenvalue weighted by Crippen LogP contribution is -2.35. The Kier molecular flexibility index (Phi) is 5.16. The zero-order chi connectivity index (χ0) is 14.4. The van der Waals surface area contributed by atoms with Crippen molar-refractivity contribution in [2.45, 2.75) is 37.5 Å². The molecule has 1 aromatic rings. The molecule has 1 heterocycles. The van der Waals surface area contributed by atoms with Crippen LogP contribution in [-0.2, 0) is 15.6 Å². The summed E-state index contributed by atoms with van der Waals surface area (Å²) < 4.78 is 24.2. The van der Waals surface area contributed by atoms with Crippen molar-refractivity contribution in [2.75, 3.05) is 12.3 Å². The fourth-order valence-corrected chi connectivity index (χ4v) is 3.98. The minimum absolute atomic E-state index is 0.0609. The first kappa shape index (κ1) is 15.0. The minimum Gasteiger partial charge on any atom is -0.314 e. The third-order valence-corrected chi connectivity index (χ3v) is 5.29. The summed E-state index contributed by atoms with van der Waals surface area (Å²) >= 11 is 0. The molecule has 1 atom stereocenters. The zero-order valence-electron chi connectivity index (χ0n) is 11.5. The Bertz CT molecular complexity index is 567. The normalized spacial score (nSPS) is 19.4. The van der Waals surface area contributed by atoms with Gasteiger partial charge in [-0.15, -0.1) is 0 Å². The lowest BCUT2D eigenvalue weighted by atomic mass is 10.0. The predicted molar refractivity (Wildman–Crippen MR) is 78.9 cm³/mol. The molecule has 1 saturated heterocycles. The molecule has 0 saturated carbocycles. The highest BCUT2D eigenvalue weighted by Gasteiger charge is 2.18. The summed E-state index contributed by atoms with van der Waals surface area (Å²) in [5.74, 6) is 0.288. The van der Waals surface area contributed by atoms with Crippen molar-refractivity contribution in [1.82, 2.24) is 5.32 Å². The van der Waals surface area contributed by atoms with E-state index in [-0.39, 0.29) is 11.5 Å². The number of benzene rings is 1. The van der Waals surface area contributed by atoms with E-state index >= 15 is 0 Å². The lowest BCUT2D eigenvalue weighted by molar-refractivity contribution is 0.392. The van der Waals surface area contributed by atoms with Gasteiger partial charge in [-0.25, -0.2) is 8.42 Å². The number of hydrogen-bond acceptors (Lipinski definition) is 4. The number of nitrogens with zero attached hydrogens (tertiary/aromatic N) is 1. The van der Waals surface area contributed by atoms with Gasteiger partial charge in [0.25, 0.3) is 0 Å². The predicted octanol–water partition coefficient (Wildman–Crippen LogP) is 2.01. The lowest BCUT2D eigenvalue weighted by Gasteiger charge is -2.23. The summed E-state index contributed by atoms with van der Waals surface area (Å²) in [6, 6.07) is 9.13. The van der Waals surface area contributed by atoms with Crippen LogP contribution >= 0.6 is 0 Å². The minimum atomic E-state index is -3.08. The third kappa shape index (κ3) is 4.62. The average molecular weight is 292 g/mol. The Hall–Kier alpha value is -1.38. The van der Waals surface area contributed by atoms with Crippen molar-refractivity contribution in [3.63, 3.8) is 0 Å². The summed E-state index contributed by atoms with van der Waals surface area (Å²) in [5.41, 5.74) is 1.30. The summed E-state index contributed by atoms with van der Waals surface area (Å²) in [7, 11) is -3.08. The molecule has 0 radical (unpaired) electrons. The largest absolute Gasteiger partial charge is 0.314 e. The second kappa shape index (κ2) is 6.87. The van der Waals surface area contributed by atoms with Crippen LogP contribution in [0.4, 0.5) is 0 Å².